The summed E-state index contributed by atoms with van der Waals surface area (Å²) in [6.45, 7) is 2.85. The second-order valence-electron chi connectivity index (χ2n) is 2.89. The Morgan fingerprint density at radius 3 is 3.25 bits per heavy atom. The lowest BCUT2D eigenvalue weighted by Crippen LogP contribution is -2.03. The number of nitrogens with zero attached hydrogens (tertiary/aromatic N) is 1. The Kier molecular flexibility index (Phi) is 1.86. The molecule has 0 aliphatic carbocycles. The van der Waals surface area contributed by atoms with E-state index in [0.717, 1.165) is 24.6 Å². The predicted octanol–water partition coefficient (Wildman–Crippen LogP) is 1.57. The second-order valence-corrected chi connectivity index (χ2v) is 2.89. The molecule has 3 heteroatoms. The van der Waals surface area contributed by atoms with Crippen LogP contribution in [0, 0.1) is 0 Å². The molecule has 2 heterocycles. The Labute approximate surface area is 71.5 Å². The van der Waals surface area contributed by atoms with Crippen LogP contribution in [0.15, 0.2) is 23.3 Å². The minimum absolute atomic E-state index is 0.350. The van der Waals surface area contributed by atoms with Gasteiger partial charge in [-0.05, 0) is 18.6 Å². The van der Waals surface area contributed by atoms with Crippen LogP contribution in [0.5, 0.6) is 0 Å². The van der Waals surface area contributed by atoms with Crippen LogP contribution >= 0.6 is 0 Å². The van der Waals surface area contributed by atoms with E-state index in [9.17, 15) is 0 Å². The first kappa shape index (κ1) is 7.40. The lowest BCUT2D eigenvalue weighted by Gasteiger charge is -1.97. The number of H-pyrrole nitrogens is 1. The summed E-state index contributed by atoms with van der Waals surface area (Å²) in [5.41, 5.74) is 0.978. The molecule has 3 nitrogen and oxygen atoms in total. The van der Waals surface area contributed by atoms with Crippen LogP contribution in [-0.2, 0) is 4.74 Å². The van der Waals surface area contributed by atoms with Crippen molar-refractivity contribution in [3.05, 3.63) is 24.0 Å². The molecule has 1 aliphatic heterocycles. The molecule has 1 atom stereocenters. The molecular weight excluding hydrogens is 152 g/mol. The summed E-state index contributed by atoms with van der Waals surface area (Å²) in [6, 6.07) is 4.26. The number of aromatic nitrogens is 1. The molecule has 1 N–H and O–H groups in total. The fourth-order valence-corrected chi connectivity index (χ4v) is 1.24. The highest BCUT2D eigenvalue weighted by atomic mass is 16.5. The molecule has 1 aromatic heterocycles. The summed E-state index contributed by atoms with van der Waals surface area (Å²) in [6.07, 6.45) is 2.92. The van der Waals surface area contributed by atoms with Crippen molar-refractivity contribution < 1.29 is 4.74 Å². The van der Waals surface area contributed by atoms with E-state index in [-0.39, 0.29) is 0 Å². The third-order valence-electron chi connectivity index (χ3n) is 2.01. The zero-order valence-corrected chi connectivity index (χ0v) is 7.08. The monoisotopic (exact) mass is 164 g/mol. The zero-order chi connectivity index (χ0) is 8.39. The molecule has 2 rings (SSSR count). The van der Waals surface area contributed by atoms with E-state index in [4.69, 9.17) is 4.74 Å². The summed E-state index contributed by atoms with van der Waals surface area (Å²) in [4.78, 5) is 7.48. The van der Waals surface area contributed by atoms with Crippen LogP contribution in [0.2, 0.25) is 0 Å². The van der Waals surface area contributed by atoms with Crippen molar-refractivity contribution in [3.63, 3.8) is 0 Å². The molecule has 0 amide bonds. The Balaban J connectivity index is 2.16. The fraction of sp³-hybridized carbons (Fsp3) is 0.444. The number of ether oxygens (including phenoxy) is 1. The van der Waals surface area contributed by atoms with Crippen LogP contribution < -0.4 is 0 Å². The Morgan fingerprint density at radius 2 is 2.67 bits per heavy atom. The van der Waals surface area contributed by atoms with Gasteiger partial charge in [0.05, 0.1) is 6.04 Å². The molecule has 0 aromatic carbocycles. The SMILES string of the molecule is CC[C@H]1COC(c2ccc[nH]2)=N1. The standard InChI is InChI=1S/C9H12N2O/c1-2-7-6-12-9(11-7)8-4-3-5-10-8/h3-5,7,10H,2,6H2,1H3/t7-/m0/s1. The van der Waals surface area contributed by atoms with E-state index in [1.165, 1.54) is 0 Å². The van der Waals surface area contributed by atoms with Crippen molar-refractivity contribution in [3.8, 4) is 0 Å². The summed E-state index contributed by atoms with van der Waals surface area (Å²) in [7, 11) is 0. The van der Waals surface area contributed by atoms with Crippen molar-refractivity contribution in [2.24, 2.45) is 4.99 Å². The Hall–Kier alpha value is -1.25. The number of hydrogen-bond donors (Lipinski definition) is 1. The molecule has 0 unspecified atom stereocenters. The van der Waals surface area contributed by atoms with Gasteiger partial charge in [0.1, 0.15) is 12.3 Å². The van der Waals surface area contributed by atoms with E-state index in [0.29, 0.717) is 6.04 Å². The molecule has 0 bridgehead atoms. The highest BCUT2D eigenvalue weighted by Crippen LogP contribution is 2.12. The minimum Gasteiger partial charge on any atom is -0.474 e. The van der Waals surface area contributed by atoms with Gasteiger partial charge in [-0.3, -0.25) is 0 Å². The minimum atomic E-state index is 0.350. The molecule has 0 radical (unpaired) electrons. The average Bonchev–Trinajstić information content (AvgIpc) is 2.75. The summed E-state index contributed by atoms with van der Waals surface area (Å²) >= 11 is 0. The summed E-state index contributed by atoms with van der Waals surface area (Å²) in [5, 5.41) is 0. The molecule has 12 heavy (non-hydrogen) atoms. The lowest BCUT2D eigenvalue weighted by molar-refractivity contribution is 0.314. The van der Waals surface area contributed by atoms with Crippen LogP contribution in [0.25, 0.3) is 0 Å². The van der Waals surface area contributed by atoms with Crippen LogP contribution in [0.4, 0.5) is 0 Å². The third-order valence-corrected chi connectivity index (χ3v) is 2.01. The normalized spacial score (nSPS) is 22.1. The Bertz CT molecular complexity index is 277. The van der Waals surface area contributed by atoms with Crippen molar-refractivity contribution in [2.45, 2.75) is 19.4 Å². The van der Waals surface area contributed by atoms with Crippen molar-refractivity contribution in [1.29, 1.82) is 0 Å². The highest BCUT2D eigenvalue weighted by Gasteiger charge is 2.18. The number of aliphatic imine (C=N–C) groups is 1. The van der Waals surface area contributed by atoms with E-state index in [1.807, 2.05) is 18.3 Å². The molecule has 0 saturated carbocycles. The van der Waals surface area contributed by atoms with E-state index in [1.54, 1.807) is 0 Å². The van der Waals surface area contributed by atoms with Crippen molar-refractivity contribution >= 4 is 5.90 Å². The number of nitrogens with one attached hydrogen (secondary N) is 1. The maximum absolute atomic E-state index is 5.42. The Morgan fingerprint density at radius 1 is 1.75 bits per heavy atom. The second kappa shape index (κ2) is 3.01. The van der Waals surface area contributed by atoms with Gasteiger partial charge in [-0.1, -0.05) is 6.92 Å². The van der Waals surface area contributed by atoms with Gasteiger partial charge in [0.2, 0.25) is 5.90 Å². The molecule has 1 aliphatic rings. The molecule has 1 aromatic rings. The van der Waals surface area contributed by atoms with Crippen molar-refractivity contribution in [1.82, 2.24) is 4.98 Å². The zero-order valence-electron chi connectivity index (χ0n) is 7.08. The first-order valence-electron chi connectivity index (χ1n) is 4.24. The van der Waals surface area contributed by atoms with E-state index < -0.39 is 0 Å². The molecule has 0 spiro atoms. The van der Waals surface area contributed by atoms with Crippen LogP contribution in [0.1, 0.15) is 19.0 Å². The van der Waals surface area contributed by atoms with Gasteiger partial charge >= 0.3 is 0 Å². The quantitative estimate of drug-likeness (QED) is 0.707. The van der Waals surface area contributed by atoms with E-state index >= 15 is 0 Å². The van der Waals surface area contributed by atoms with Gasteiger partial charge in [0.15, 0.2) is 0 Å². The average molecular weight is 164 g/mol. The van der Waals surface area contributed by atoms with Crippen LogP contribution in [-0.4, -0.2) is 23.5 Å². The maximum Gasteiger partial charge on any atom is 0.233 e. The van der Waals surface area contributed by atoms with Gasteiger partial charge in [-0.25, -0.2) is 4.99 Å². The number of hydrogen-bond acceptors (Lipinski definition) is 2. The first-order valence-corrected chi connectivity index (χ1v) is 4.24. The molecule has 0 fully saturated rings. The van der Waals surface area contributed by atoms with E-state index in [2.05, 4.69) is 16.9 Å². The third kappa shape index (κ3) is 1.22. The summed E-state index contributed by atoms with van der Waals surface area (Å²) in [5.74, 6) is 0.756. The van der Waals surface area contributed by atoms with Gasteiger partial charge in [0.25, 0.3) is 0 Å². The van der Waals surface area contributed by atoms with Gasteiger partial charge in [-0.2, -0.15) is 0 Å². The smallest absolute Gasteiger partial charge is 0.233 e. The fourth-order valence-electron chi connectivity index (χ4n) is 1.24. The topological polar surface area (TPSA) is 37.4 Å². The summed E-state index contributed by atoms with van der Waals surface area (Å²) < 4.78 is 5.42. The largest absolute Gasteiger partial charge is 0.474 e. The highest BCUT2D eigenvalue weighted by molar-refractivity contribution is 5.93. The number of aromatic amines is 1. The molecular formula is C9H12N2O. The van der Waals surface area contributed by atoms with Crippen LogP contribution in [0.3, 0.4) is 0 Å². The molecule has 0 saturated heterocycles. The number of rotatable bonds is 2. The van der Waals surface area contributed by atoms with Crippen molar-refractivity contribution in [2.75, 3.05) is 6.61 Å². The van der Waals surface area contributed by atoms with Gasteiger partial charge in [0, 0.05) is 6.20 Å². The van der Waals surface area contributed by atoms with Gasteiger partial charge < -0.3 is 9.72 Å². The lowest BCUT2D eigenvalue weighted by atomic mass is 10.3. The predicted molar refractivity (Wildman–Crippen MR) is 47.4 cm³/mol. The maximum atomic E-state index is 5.42. The van der Waals surface area contributed by atoms with Gasteiger partial charge in [-0.15, -0.1) is 0 Å². The molecule has 64 valence electrons. The first-order chi connectivity index (χ1) is 5.90.